The van der Waals surface area contributed by atoms with Crippen molar-refractivity contribution < 1.29 is 19.4 Å². The number of amides is 1. The summed E-state index contributed by atoms with van der Waals surface area (Å²) in [6.07, 6.45) is 0.114. The van der Waals surface area contributed by atoms with Crippen LogP contribution in [0.3, 0.4) is 0 Å². The molecule has 6 heteroatoms. The number of carbonyl (C=O) groups is 1. The molecule has 1 rings (SSSR count). The molecule has 0 atom stereocenters. The molecule has 1 aromatic carbocycles. The van der Waals surface area contributed by atoms with Crippen LogP contribution in [0.15, 0.2) is 18.2 Å². The Kier molecular flexibility index (Phi) is 5.64. The van der Waals surface area contributed by atoms with Gasteiger partial charge in [-0.3, -0.25) is 5.32 Å². The number of carbonyl (C=O) groups excluding carboxylic acids is 1. The van der Waals surface area contributed by atoms with E-state index in [9.17, 15) is 9.90 Å². The lowest BCUT2D eigenvalue weighted by atomic mass is 10.2. The first kappa shape index (κ1) is 16.1. The van der Waals surface area contributed by atoms with Gasteiger partial charge in [-0.1, -0.05) is 0 Å². The third kappa shape index (κ3) is 5.79. The van der Waals surface area contributed by atoms with Gasteiger partial charge in [-0.15, -0.1) is 0 Å². The van der Waals surface area contributed by atoms with Crippen molar-refractivity contribution in [3.8, 4) is 11.5 Å². The number of hydrogen-bond donors (Lipinski definition) is 3. The summed E-state index contributed by atoms with van der Waals surface area (Å²) in [7, 11) is 0. The van der Waals surface area contributed by atoms with Crippen molar-refractivity contribution in [2.24, 2.45) is 5.73 Å². The Balaban J connectivity index is 2.61. The number of ether oxygens (including phenoxy) is 2. The van der Waals surface area contributed by atoms with Crippen molar-refractivity contribution in [1.82, 2.24) is 0 Å². The molecule has 0 aliphatic heterocycles. The summed E-state index contributed by atoms with van der Waals surface area (Å²) in [6, 6.07) is 4.64. The van der Waals surface area contributed by atoms with Crippen LogP contribution in [-0.2, 0) is 4.74 Å². The van der Waals surface area contributed by atoms with Crippen LogP contribution in [0.4, 0.5) is 10.5 Å². The van der Waals surface area contributed by atoms with Crippen molar-refractivity contribution in [2.45, 2.75) is 32.8 Å². The molecule has 0 spiro atoms. The highest BCUT2D eigenvalue weighted by Gasteiger charge is 2.17. The third-order valence-corrected chi connectivity index (χ3v) is 2.22. The Morgan fingerprint density at radius 3 is 2.65 bits per heavy atom. The minimum absolute atomic E-state index is 0.0823. The molecular weight excluding hydrogens is 260 g/mol. The SMILES string of the molecule is CC(C)(C)OC(=O)Nc1ccc(OCCCN)cc1O. The predicted molar refractivity (Wildman–Crippen MR) is 77.1 cm³/mol. The first-order valence-electron chi connectivity index (χ1n) is 6.48. The molecule has 0 aromatic heterocycles. The smallest absolute Gasteiger partial charge is 0.412 e. The monoisotopic (exact) mass is 282 g/mol. The van der Waals surface area contributed by atoms with Gasteiger partial charge in [0.25, 0.3) is 0 Å². The van der Waals surface area contributed by atoms with E-state index in [1.54, 1.807) is 32.9 Å². The standard InChI is InChI=1S/C14H22N2O4/c1-14(2,3)20-13(18)16-11-6-5-10(9-12(11)17)19-8-4-7-15/h5-6,9,17H,4,7-8,15H2,1-3H3,(H,16,18). The maximum Gasteiger partial charge on any atom is 0.412 e. The highest BCUT2D eigenvalue weighted by atomic mass is 16.6. The second kappa shape index (κ2) is 7.00. The van der Waals surface area contributed by atoms with E-state index in [1.807, 2.05) is 0 Å². The first-order valence-corrected chi connectivity index (χ1v) is 6.48. The predicted octanol–water partition coefficient (Wildman–Crippen LogP) is 2.47. The highest BCUT2D eigenvalue weighted by Crippen LogP contribution is 2.28. The van der Waals surface area contributed by atoms with Crippen LogP contribution in [-0.4, -0.2) is 30.0 Å². The second-order valence-electron chi connectivity index (χ2n) is 5.30. The molecule has 0 radical (unpaired) electrons. The Morgan fingerprint density at radius 2 is 2.10 bits per heavy atom. The number of phenols is 1. The topological polar surface area (TPSA) is 93.8 Å². The van der Waals surface area contributed by atoms with E-state index in [4.69, 9.17) is 15.2 Å². The van der Waals surface area contributed by atoms with Gasteiger partial charge in [0.1, 0.15) is 17.1 Å². The van der Waals surface area contributed by atoms with Gasteiger partial charge in [0, 0.05) is 6.07 Å². The zero-order valence-electron chi connectivity index (χ0n) is 12.1. The summed E-state index contributed by atoms with van der Waals surface area (Å²) in [5.74, 6) is 0.437. The van der Waals surface area contributed by atoms with Crippen LogP contribution < -0.4 is 15.8 Å². The van der Waals surface area contributed by atoms with Crippen LogP contribution in [0, 0.1) is 0 Å². The molecule has 1 amide bonds. The lowest BCUT2D eigenvalue weighted by Gasteiger charge is -2.20. The van der Waals surface area contributed by atoms with Crippen LogP contribution in [0.2, 0.25) is 0 Å². The largest absolute Gasteiger partial charge is 0.506 e. The van der Waals surface area contributed by atoms with Gasteiger partial charge >= 0.3 is 6.09 Å². The Morgan fingerprint density at radius 1 is 1.40 bits per heavy atom. The molecule has 4 N–H and O–H groups in total. The van der Waals surface area contributed by atoms with Gasteiger partial charge in [0.05, 0.1) is 12.3 Å². The lowest BCUT2D eigenvalue weighted by molar-refractivity contribution is 0.0635. The molecule has 0 saturated heterocycles. The fourth-order valence-electron chi connectivity index (χ4n) is 1.39. The van der Waals surface area contributed by atoms with Crippen LogP contribution in [0.25, 0.3) is 0 Å². The minimum Gasteiger partial charge on any atom is -0.506 e. The quantitative estimate of drug-likeness (QED) is 0.569. The normalized spacial score (nSPS) is 11.0. The number of anilines is 1. The van der Waals surface area contributed by atoms with Crippen molar-refractivity contribution >= 4 is 11.8 Å². The van der Waals surface area contributed by atoms with Gasteiger partial charge in [0.15, 0.2) is 0 Å². The van der Waals surface area contributed by atoms with E-state index in [0.717, 1.165) is 6.42 Å². The fraction of sp³-hybridized carbons (Fsp3) is 0.500. The van der Waals surface area contributed by atoms with Crippen LogP contribution >= 0.6 is 0 Å². The molecule has 0 heterocycles. The summed E-state index contributed by atoms with van der Waals surface area (Å²) in [4.78, 5) is 11.6. The fourth-order valence-corrected chi connectivity index (χ4v) is 1.39. The zero-order valence-corrected chi connectivity index (χ0v) is 12.1. The molecule has 0 aliphatic rings. The maximum atomic E-state index is 11.6. The van der Waals surface area contributed by atoms with Crippen LogP contribution in [0.5, 0.6) is 11.5 Å². The molecule has 1 aromatic rings. The number of phenolic OH excluding ortho intramolecular Hbond substituents is 1. The third-order valence-electron chi connectivity index (χ3n) is 2.22. The second-order valence-corrected chi connectivity index (χ2v) is 5.30. The van der Waals surface area contributed by atoms with E-state index >= 15 is 0 Å². The Hall–Kier alpha value is -1.95. The lowest BCUT2D eigenvalue weighted by Crippen LogP contribution is -2.27. The zero-order chi connectivity index (χ0) is 15.2. The molecular formula is C14H22N2O4. The van der Waals surface area contributed by atoms with Crippen molar-refractivity contribution in [2.75, 3.05) is 18.5 Å². The molecule has 0 saturated carbocycles. The minimum atomic E-state index is -0.621. The summed E-state index contributed by atoms with van der Waals surface area (Å²) in [5.41, 5.74) is 5.04. The summed E-state index contributed by atoms with van der Waals surface area (Å²) < 4.78 is 10.5. The van der Waals surface area contributed by atoms with E-state index in [1.165, 1.54) is 6.07 Å². The number of aromatic hydroxyl groups is 1. The van der Waals surface area contributed by atoms with E-state index in [-0.39, 0.29) is 11.4 Å². The number of hydrogen-bond acceptors (Lipinski definition) is 5. The highest BCUT2D eigenvalue weighted by molar-refractivity contribution is 5.87. The molecule has 0 bridgehead atoms. The summed E-state index contributed by atoms with van der Waals surface area (Å²) in [6.45, 7) is 6.32. The summed E-state index contributed by atoms with van der Waals surface area (Å²) in [5, 5.41) is 12.3. The number of benzene rings is 1. The van der Waals surface area contributed by atoms with Gasteiger partial charge < -0.3 is 20.3 Å². The first-order chi connectivity index (χ1) is 9.31. The maximum absolute atomic E-state index is 11.6. The number of nitrogens with one attached hydrogen (secondary N) is 1. The average molecular weight is 282 g/mol. The van der Waals surface area contributed by atoms with E-state index in [2.05, 4.69) is 5.32 Å². The van der Waals surface area contributed by atoms with E-state index in [0.29, 0.717) is 18.9 Å². The van der Waals surface area contributed by atoms with Gasteiger partial charge in [-0.2, -0.15) is 0 Å². The van der Waals surface area contributed by atoms with E-state index < -0.39 is 11.7 Å². The summed E-state index contributed by atoms with van der Waals surface area (Å²) >= 11 is 0. The van der Waals surface area contributed by atoms with Gasteiger partial charge in [0.2, 0.25) is 0 Å². The average Bonchev–Trinajstić information content (AvgIpc) is 2.30. The molecule has 6 nitrogen and oxygen atoms in total. The van der Waals surface area contributed by atoms with Crippen molar-refractivity contribution in [3.63, 3.8) is 0 Å². The number of rotatable bonds is 5. The Labute approximate surface area is 118 Å². The molecule has 112 valence electrons. The molecule has 0 unspecified atom stereocenters. The van der Waals surface area contributed by atoms with Gasteiger partial charge in [-0.05, 0) is 45.9 Å². The van der Waals surface area contributed by atoms with Crippen molar-refractivity contribution in [3.05, 3.63) is 18.2 Å². The number of nitrogens with two attached hydrogens (primary N) is 1. The van der Waals surface area contributed by atoms with Crippen LogP contribution in [0.1, 0.15) is 27.2 Å². The molecule has 0 fully saturated rings. The molecule has 20 heavy (non-hydrogen) atoms. The Bertz CT molecular complexity index is 455. The molecule has 0 aliphatic carbocycles. The van der Waals surface area contributed by atoms with Crippen molar-refractivity contribution in [1.29, 1.82) is 0 Å². The van der Waals surface area contributed by atoms with Gasteiger partial charge in [-0.25, -0.2) is 4.79 Å².